The molecule has 1 aromatic carbocycles. The van der Waals surface area contributed by atoms with Gasteiger partial charge in [-0.15, -0.1) is 0 Å². The van der Waals surface area contributed by atoms with Crippen LogP contribution in [0.5, 0.6) is 0 Å². The maximum Gasteiger partial charge on any atom is 0.123 e. The van der Waals surface area contributed by atoms with Crippen LogP contribution in [0.25, 0.3) is 0 Å². The van der Waals surface area contributed by atoms with E-state index in [1.54, 1.807) is 0 Å². The average Bonchev–Trinajstić information content (AvgIpc) is 2.91. The van der Waals surface area contributed by atoms with Gasteiger partial charge in [-0.3, -0.25) is 10.3 Å². The maximum atomic E-state index is 7.64. The molecule has 0 radical (unpaired) electrons. The van der Waals surface area contributed by atoms with Crippen LogP contribution in [0.1, 0.15) is 30.9 Å². The lowest BCUT2D eigenvalue weighted by Gasteiger charge is -2.24. The summed E-state index contributed by atoms with van der Waals surface area (Å²) < 4.78 is 5.69. The van der Waals surface area contributed by atoms with Gasteiger partial charge in [-0.1, -0.05) is 31.2 Å². The van der Waals surface area contributed by atoms with Crippen LogP contribution in [0.3, 0.4) is 0 Å². The third kappa shape index (κ3) is 3.78. The predicted molar refractivity (Wildman–Crippen MR) is 77.4 cm³/mol. The standard InChI is InChI=1S/C15H23N3O/c1-2-18(11-13-7-5-9-19-13)10-12-6-3-4-8-14(12)15(16)17/h3-4,6,8,13H,2,5,7,9-11H2,1H3,(H3,16,17). The molecular formula is C15H23N3O. The fourth-order valence-electron chi connectivity index (χ4n) is 2.54. The van der Waals surface area contributed by atoms with E-state index in [4.69, 9.17) is 15.9 Å². The minimum absolute atomic E-state index is 0.142. The Morgan fingerprint density at radius 1 is 1.47 bits per heavy atom. The first-order valence-corrected chi connectivity index (χ1v) is 6.97. The molecule has 2 rings (SSSR count). The summed E-state index contributed by atoms with van der Waals surface area (Å²) in [7, 11) is 0. The first kappa shape index (κ1) is 14.0. The molecule has 0 saturated carbocycles. The molecule has 1 aliphatic heterocycles. The fraction of sp³-hybridized carbons (Fsp3) is 0.533. The summed E-state index contributed by atoms with van der Waals surface area (Å²) in [5, 5.41) is 7.64. The zero-order valence-corrected chi connectivity index (χ0v) is 11.6. The highest BCUT2D eigenvalue weighted by Crippen LogP contribution is 2.16. The second-order valence-electron chi connectivity index (χ2n) is 5.03. The van der Waals surface area contributed by atoms with Gasteiger partial charge in [0.05, 0.1) is 6.10 Å². The zero-order valence-electron chi connectivity index (χ0n) is 11.6. The number of amidine groups is 1. The Bertz CT molecular complexity index is 427. The third-order valence-electron chi connectivity index (χ3n) is 3.63. The number of nitrogen functional groups attached to an aromatic ring is 1. The number of rotatable bonds is 6. The quantitative estimate of drug-likeness (QED) is 0.608. The molecule has 1 fully saturated rings. The van der Waals surface area contributed by atoms with Gasteiger partial charge < -0.3 is 10.5 Å². The molecule has 0 aromatic heterocycles. The van der Waals surface area contributed by atoms with Crippen LogP contribution >= 0.6 is 0 Å². The van der Waals surface area contributed by atoms with Crippen molar-refractivity contribution in [2.24, 2.45) is 5.73 Å². The molecule has 3 N–H and O–H groups in total. The van der Waals surface area contributed by atoms with Crippen molar-refractivity contribution >= 4 is 5.84 Å². The molecule has 19 heavy (non-hydrogen) atoms. The second-order valence-corrected chi connectivity index (χ2v) is 5.03. The average molecular weight is 261 g/mol. The lowest BCUT2D eigenvalue weighted by molar-refractivity contribution is 0.0725. The number of hydrogen-bond donors (Lipinski definition) is 2. The van der Waals surface area contributed by atoms with Crippen molar-refractivity contribution in [1.82, 2.24) is 4.90 Å². The molecule has 4 nitrogen and oxygen atoms in total. The Morgan fingerprint density at radius 3 is 2.89 bits per heavy atom. The van der Waals surface area contributed by atoms with Crippen LogP contribution < -0.4 is 5.73 Å². The highest BCUT2D eigenvalue weighted by Gasteiger charge is 2.19. The number of hydrogen-bond acceptors (Lipinski definition) is 3. The molecule has 1 unspecified atom stereocenters. The number of nitrogens with one attached hydrogen (secondary N) is 1. The Balaban J connectivity index is 2.03. The molecule has 0 spiro atoms. The van der Waals surface area contributed by atoms with Gasteiger partial charge in [-0.05, 0) is 24.9 Å². The van der Waals surface area contributed by atoms with Crippen LogP contribution in [0, 0.1) is 5.41 Å². The number of benzene rings is 1. The van der Waals surface area contributed by atoms with Gasteiger partial charge in [0.15, 0.2) is 0 Å². The van der Waals surface area contributed by atoms with E-state index in [2.05, 4.69) is 17.9 Å². The molecule has 4 heteroatoms. The molecule has 104 valence electrons. The van der Waals surface area contributed by atoms with Gasteiger partial charge in [0.2, 0.25) is 0 Å². The third-order valence-corrected chi connectivity index (χ3v) is 3.63. The number of nitrogens with zero attached hydrogens (tertiary/aromatic N) is 1. The Labute approximate surface area is 115 Å². The largest absolute Gasteiger partial charge is 0.384 e. The van der Waals surface area contributed by atoms with E-state index in [0.717, 1.165) is 43.8 Å². The van der Waals surface area contributed by atoms with Crippen LogP contribution in [-0.2, 0) is 11.3 Å². The van der Waals surface area contributed by atoms with Crippen LogP contribution in [0.2, 0.25) is 0 Å². The van der Waals surface area contributed by atoms with Crippen molar-refractivity contribution in [1.29, 1.82) is 5.41 Å². The number of likely N-dealkylation sites (N-methyl/N-ethyl adjacent to an activating group) is 1. The van der Waals surface area contributed by atoms with E-state index in [0.29, 0.717) is 6.10 Å². The smallest absolute Gasteiger partial charge is 0.123 e. The van der Waals surface area contributed by atoms with Crippen LogP contribution in [0.15, 0.2) is 24.3 Å². The summed E-state index contributed by atoms with van der Waals surface area (Å²) in [6.07, 6.45) is 2.70. The van der Waals surface area contributed by atoms with Gasteiger partial charge in [0, 0.05) is 25.3 Å². The van der Waals surface area contributed by atoms with Crippen molar-refractivity contribution in [2.45, 2.75) is 32.4 Å². The van der Waals surface area contributed by atoms with E-state index < -0.39 is 0 Å². The van der Waals surface area contributed by atoms with E-state index in [-0.39, 0.29) is 5.84 Å². The Morgan fingerprint density at radius 2 is 2.26 bits per heavy atom. The normalized spacial score (nSPS) is 18.9. The molecular weight excluding hydrogens is 238 g/mol. The summed E-state index contributed by atoms with van der Waals surface area (Å²) in [6, 6.07) is 7.89. The van der Waals surface area contributed by atoms with Crippen molar-refractivity contribution in [3.8, 4) is 0 Å². The summed E-state index contributed by atoms with van der Waals surface area (Å²) >= 11 is 0. The van der Waals surface area contributed by atoms with Gasteiger partial charge in [0.25, 0.3) is 0 Å². The first-order valence-electron chi connectivity index (χ1n) is 6.97. The molecule has 1 saturated heterocycles. The molecule has 1 aromatic rings. The topological polar surface area (TPSA) is 62.3 Å². The number of nitrogens with two attached hydrogens (primary N) is 1. The lowest BCUT2D eigenvalue weighted by Crippen LogP contribution is -2.32. The first-order chi connectivity index (χ1) is 9.20. The van der Waals surface area contributed by atoms with Crippen molar-refractivity contribution in [3.63, 3.8) is 0 Å². The van der Waals surface area contributed by atoms with Crippen molar-refractivity contribution in [2.75, 3.05) is 19.7 Å². The predicted octanol–water partition coefficient (Wildman–Crippen LogP) is 1.97. The minimum atomic E-state index is 0.142. The van der Waals surface area contributed by atoms with Gasteiger partial charge in [-0.2, -0.15) is 0 Å². The highest BCUT2D eigenvalue weighted by atomic mass is 16.5. The second kappa shape index (κ2) is 6.68. The fourth-order valence-corrected chi connectivity index (χ4v) is 2.54. The molecule has 0 aliphatic carbocycles. The molecule has 0 bridgehead atoms. The highest BCUT2D eigenvalue weighted by molar-refractivity contribution is 5.96. The van der Waals surface area contributed by atoms with E-state index in [9.17, 15) is 0 Å². The number of ether oxygens (including phenoxy) is 1. The zero-order chi connectivity index (χ0) is 13.7. The van der Waals surface area contributed by atoms with Crippen LogP contribution in [0.4, 0.5) is 0 Å². The molecule has 0 amide bonds. The summed E-state index contributed by atoms with van der Waals surface area (Å²) in [5.74, 6) is 0.142. The summed E-state index contributed by atoms with van der Waals surface area (Å²) in [4.78, 5) is 2.36. The maximum absolute atomic E-state index is 7.64. The van der Waals surface area contributed by atoms with E-state index in [1.165, 1.54) is 6.42 Å². The van der Waals surface area contributed by atoms with Gasteiger partial charge >= 0.3 is 0 Å². The monoisotopic (exact) mass is 261 g/mol. The Kier molecular flexibility index (Phi) is 4.93. The minimum Gasteiger partial charge on any atom is -0.384 e. The Hall–Kier alpha value is -1.39. The molecule has 1 atom stereocenters. The van der Waals surface area contributed by atoms with Crippen LogP contribution in [-0.4, -0.2) is 36.5 Å². The summed E-state index contributed by atoms with van der Waals surface area (Å²) in [6.45, 7) is 5.82. The van der Waals surface area contributed by atoms with Gasteiger partial charge in [-0.25, -0.2) is 0 Å². The van der Waals surface area contributed by atoms with E-state index >= 15 is 0 Å². The van der Waals surface area contributed by atoms with Crippen molar-refractivity contribution in [3.05, 3.63) is 35.4 Å². The molecule has 1 heterocycles. The summed E-state index contributed by atoms with van der Waals surface area (Å²) in [5.41, 5.74) is 7.60. The van der Waals surface area contributed by atoms with Gasteiger partial charge in [0.1, 0.15) is 5.84 Å². The van der Waals surface area contributed by atoms with E-state index in [1.807, 2.05) is 18.2 Å². The van der Waals surface area contributed by atoms with Crippen molar-refractivity contribution < 1.29 is 4.74 Å². The molecule has 1 aliphatic rings. The SMILES string of the molecule is CCN(Cc1ccccc1C(=N)N)CC1CCCO1. The lowest BCUT2D eigenvalue weighted by atomic mass is 10.1.